The van der Waals surface area contributed by atoms with Crippen LogP contribution in [0.25, 0.3) is 0 Å². The molecule has 4 amide bonds. The normalized spacial score (nSPS) is 26.3. The van der Waals surface area contributed by atoms with Crippen LogP contribution in [-0.4, -0.2) is 61.4 Å². The molecule has 0 radical (unpaired) electrons. The molecule has 6 heterocycles. The van der Waals surface area contributed by atoms with E-state index in [-0.39, 0.29) is 0 Å². The average molecular weight is 662 g/mol. The van der Waals surface area contributed by atoms with Crippen molar-refractivity contribution in [2.75, 3.05) is 13.1 Å². The number of amides is 4. The Morgan fingerprint density at radius 3 is 1.02 bits per heavy atom. The topological polar surface area (TPSA) is 143 Å². The zero-order chi connectivity index (χ0) is 33.4. The number of halogens is 8. The van der Waals surface area contributed by atoms with Crippen molar-refractivity contribution in [3.8, 4) is 0 Å². The minimum Gasteiger partial charge on any atom is -0.446 e. The van der Waals surface area contributed by atoms with Gasteiger partial charge in [0, 0.05) is 49.1 Å². The second-order valence-electron chi connectivity index (χ2n) is 10.4. The predicted molar refractivity (Wildman–Crippen MR) is 137 cm³/mol. The Labute approximate surface area is 252 Å². The molecule has 8 bridgehead atoms. The van der Waals surface area contributed by atoms with Crippen molar-refractivity contribution in [3.63, 3.8) is 0 Å². The van der Waals surface area contributed by atoms with Gasteiger partial charge in [0.15, 0.2) is 46.3 Å². The minimum atomic E-state index is -2.62. The maximum Gasteiger partial charge on any atom is 0.287 e. The second kappa shape index (κ2) is 12.8. The first kappa shape index (κ1) is 32.5. The number of hydrogen-bond acceptors (Lipinski definition) is 6. The first-order valence-electron chi connectivity index (χ1n) is 13.5. The van der Waals surface area contributed by atoms with Gasteiger partial charge in [0.25, 0.3) is 23.6 Å². The average Bonchev–Trinajstić information content (AvgIpc) is 3.73. The van der Waals surface area contributed by atoms with E-state index in [1.54, 1.807) is 0 Å². The fourth-order valence-corrected chi connectivity index (χ4v) is 5.05. The van der Waals surface area contributed by atoms with Gasteiger partial charge in [-0.25, -0.2) is 35.1 Å². The van der Waals surface area contributed by atoms with Gasteiger partial charge >= 0.3 is 0 Å². The molecule has 5 aliphatic rings. The summed E-state index contributed by atoms with van der Waals surface area (Å²) in [5, 5.41) is 7.98. The van der Waals surface area contributed by atoms with Crippen LogP contribution in [-0.2, 0) is 13.1 Å². The summed E-state index contributed by atoms with van der Waals surface area (Å²) in [4.78, 5) is 49.8. The van der Waals surface area contributed by atoms with Crippen molar-refractivity contribution >= 4 is 23.6 Å². The van der Waals surface area contributed by atoms with Crippen LogP contribution in [0.5, 0.6) is 0 Å². The Kier molecular flexibility index (Phi) is 9.07. The lowest BCUT2D eigenvalue weighted by molar-refractivity contribution is -0.0753. The Hall–Kier alpha value is -4.90. The van der Waals surface area contributed by atoms with Crippen molar-refractivity contribution in [2.24, 2.45) is 11.8 Å². The number of carbonyl (C=O) groups is 4. The van der Waals surface area contributed by atoms with Crippen molar-refractivity contribution in [1.82, 2.24) is 21.3 Å². The van der Waals surface area contributed by atoms with E-state index in [0.717, 1.165) is 24.3 Å². The molecule has 4 N–H and O–H groups in total. The van der Waals surface area contributed by atoms with Gasteiger partial charge in [-0.2, -0.15) is 0 Å². The van der Waals surface area contributed by atoms with Crippen LogP contribution in [0.2, 0.25) is 0 Å². The minimum absolute atomic E-state index is 0.607. The van der Waals surface area contributed by atoms with Gasteiger partial charge in [-0.3, -0.25) is 19.2 Å². The summed E-state index contributed by atoms with van der Waals surface area (Å²) in [7, 11) is 0. The van der Waals surface area contributed by atoms with Crippen LogP contribution in [0, 0.1) is 35.1 Å². The van der Waals surface area contributed by atoms with E-state index in [4.69, 9.17) is 8.83 Å². The quantitative estimate of drug-likeness (QED) is 0.215. The van der Waals surface area contributed by atoms with Crippen LogP contribution in [0.4, 0.5) is 35.1 Å². The van der Waals surface area contributed by atoms with Crippen molar-refractivity contribution < 1.29 is 63.1 Å². The monoisotopic (exact) mass is 662 g/mol. The Morgan fingerprint density at radius 1 is 0.478 bits per heavy atom. The van der Waals surface area contributed by atoms with Crippen LogP contribution < -0.4 is 21.3 Å². The summed E-state index contributed by atoms with van der Waals surface area (Å²) in [5.41, 5.74) is -2.47. The molecular formula is C28H22F8N4O6. The van der Waals surface area contributed by atoms with Crippen molar-refractivity contribution in [1.29, 1.82) is 0 Å². The van der Waals surface area contributed by atoms with E-state index in [0.29, 0.717) is 0 Å². The van der Waals surface area contributed by atoms with E-state index >= 15 is 0 Å². The lowest BCUT2D eigenvalue weighted by Gasteiger charge is -2.39. The molecule has 0 spiro atoms. The van der Waals surface area contributed by atoms with Gasteiger partial charge in [0.05, 0.1) is 0 Å². The molecule has 8 rings (SSSR count). The molecule has 1 aliphatic carbocycles. The summed E-state index contributed by atoms with van der Waals surface area (Å²) in [6.45, 7) is -4.04. The number of benzene rings is 1. The summed E-state index contributed by atoms with van der Waals surface area (Å²) in [5.74, 6) is -18.7. The highest BCUT2D eigenvalue weighted by Crippen LogP contribution is 2.37. The molecule has 10 nitrogen and oxygen atoms in total. The number of alkyl halides is 4. The molecule has 4 aliphatic heterocycles. The largest absolute Gasteiger partial charge is 0.446 e. The van der Waals surface area contributed by atoms with Gasteiger partial charge in [-0.15, -0.1) is 0 Å². The predicted octanol–water partition coefficient (Wildman–Crippen LogP) is 3.36. The second-order valence-corrected chi connectivity index (χ2v) is 10.4. The number of rotatable bonds is 0. The fourth-order valence-electron chi connectivity index (χ4n) is 5.05. The third-order valence-electron chi connectivity index (χ3n) is 7.64. The fraction of sp³-hybridized carbons (Fsp3) is 0.357. The smallest absolute Gasteiger partial charge is 0.287 e. The third-order valence-corrected chi connectivity index (χ3v) is 7.64. The van der Waals surface area contributed by atoms with Gasteiger partial charge in [-0.05, 0) is 24.3 Å². The SMILES string of the molecule is O=C1NCc2c(F)c(F)c(c(F)c2F)CNC(=O)c2ccc(o2)C(=O)NCC2C(F)C(F)C(CNC(=O)c3ccc1o3)C(F)C2F. The Bertz CT molecular complexity index is 1530. The molecule has 1 fully saturated rings. The van der Waals surface area contributed by atoms with Crippen molar-refractivity contribution in [3.05, 3.63) is 81.7 Å². The molecule has 4 atom stereocenters. The highest BCUT2D eigenvalue weighted by molar-refractivity contribution is 5.96. The van der Waals surface area contributed by atoms with Crippen LogP contribution in [0.3, 0.4) is 0 Å². The highest BCUT2D eigenvalue weighted by atomic mass is 19.2. The summed E-state index contributed by atoms with van der Waals surface area (Å²) in [6, 6.07) is 3.70. The van der Waals surface area contributed by atoms with E-state index in [1.807, 2.05) is 21.3 Å². The highest BCUT2D eigenvalue weighted by Gasteiger charge is 2.52. The van der Waals surface area contributed by atoms with E-state index in [9.17, 15) is 54.3 Å². The first-order valence-corrected chi connectivity index (χ1v) is 13.5. The van der Waals surface area contributed by atoms with Crippen LogP contribution >= 0.6 is 0 Å². The molecule has 46 heavy (non-hydrogen) atoms. The number of nitrogens with one attached hydrogen (secondary N) is 4. The molecular weight excluding hydrogens is 640 g/mol. The van der Waals surface area contributed by atoms with Crippen LogP contribution in [0.15, 0.2) is 33.1 Å². The molecule has 18 heteroatoms. The van der Waals surface area contributed by atoms with Gasteiger partial charge < -0.3 is 30.1 Å². The lowest BCUT2D eigenvalue weighted by atomic mass is 9.76. The lowest BCUT2D eigenvalue weighted by Crippen LogP contribution is -2.57. The van der Waals surface area contributed by atoms with E-state index < -0.39 is 144 Å². The molecule has 1 aromatic carbocycles. The van der Waals surface area contributed by atoms with E-state index in [2.05, 4.69) is 0 Å². The van der Waals surface area contributed by atoms with Gasteiger partial charge in [0.1, 0.15) is 24.7 Å². The maximum absolute atomic E-state index is 14.9. The molecule has 2 aromatic heterocycles. The number of hydrogen-bond donors (Lipinski definition) is 4. The Balaban J connectivity index is 1.44. The van der Waals surface area contributed by atoms with E-state index in [1.165, 1.54) is 0 Å². The Morgan fingerprint density at radius 2 is 0.739 bits per heavy atom. The summed E-state index contributed by atoms with van der Waals surface area (Å²) in [6.07, 6.45) is -10.5. The molecule has 1 saturated carbocycles. The standard InChI is InChI=1S/C28H22F8N4O6/c29-17-9-5-37-25(41)13-1-2-14(45-13)26(42)38-6-10-19(31)23(35)12(24(36)20(10)32)8-40-28(44)16-4-3-15(46-16)27(43)39-7-11(21(17)33)22(34)18(9)30/h1-4,9,11,17-18,21-22H,5-8H2,(H,37,41)(H,38,42)(H,39,43)(H,40,44). The van der Waals surface area contributed by atoms with Crippen LogP contribution in [0.1, 0.15) is 53.3 Å². The molecule has 4 unspecified atom stereocenters. The molecule has 0 saturated heterocycles. The molecule has 3 aromatic rings. The zero-order valence-electron chi connectivity index (χ0n) is 23.1. The van der Waals surface area contributed by atoms with Gasteiger partial charge in [-0.1, -0.05) is 0 Å². The van der Waals surface area contributed by atoms with Gasteiger partial charge in [0.2, 0.25) is 0 Å². The summed E-state index contributed by atoms with van der Waals surface area (Å²) >= 11 is 0. The first-order chi connectivity index (χ1) is 21.8. The summed E-state index contributed by atoms with van der Waals surface area (Å²) < 4.78 is 129. The number of carbonyl (C=O) groups excluding carboxylic acids is 4. The number of furan rings is 2. The van der Waals surface area contributed by atoms with Crippen molar-refractivity contribution in [2.45, 2.75) is 37.8 Å². The zero-order valence-corrected chi connectivity index (χ0v) is 23.1. The molecule has 246 valence electrons. The maximum atomic E-state index is 14.9. The third kappa shape index (κ3) is 6.02.